The molecule has 0 unspecified atom stereocenters. The molecule has 0 N–H and O–H groups in total. The fraction of sp³-hybridized carbons (Fsp3) is 0.857. The van der Waals surface area contributed by atoms with Crippen LogP contribution in [0.3, 0.4) is 0 Å². The van der Waals surface area contributed by atoms with E-state index in [4.69, 9.17) is 0 Å². The van der Waals surface area contributed by atoms with E-state index in [0.717, 1.165) is 36.3 Å². The molecule has 0 aliphatic carbocycles. The Bertz CT molecular complexity index is 158. The Morgan fingerprint density at radius 2 is 1.50 bits per heavy atom. The lowest BCUT2D eigenvalue weighted by molar-refractivity contribution is 0.178. The predicted molar refractivity (Wildman–Crippen MR) is 53.5 cm³/mol. The molecule has 0 atom stereocenters. The van der Waals surface area contributed by atoms with Gasteiger partial charge in [-0.3, -0.25) is 0 Å². The highest BCUT2D eigenvalue weighted by molar-refractivity contribution is 7.99. The average Bonchev–Trinajstić information content (AvgIpc) is 2.77. The van der Waals surface area contributed by atoms with E-state index in [0.29, 0.717) is 0 Å². The third kappa shape index (κ3) is 1.66. The molecular formula is C7H12N2OS2. The molecule has 0 bridgehead atoms. The molecule has 0 radical (unpaired) electrons. The van der Waals surface area contributed by atoms with Crippen molar-refractivity contribution in [3.05, 3.63) is 0 Å². The van der Waals surface area contributed by atoms with Crippen LogP contribution in [-0.2, 0) is 0 Å². The largest absolute Gasteiger partial charge is 0.321 e. The van der Waals surface area contributed by atoms with Gasteiger partial charge in [0, 0.05) is 24.6 Å². The van der Waals surface area contributed by atoms with E-state index < -0.39 is 0 Å². The molecule has 2 fully saturated rings. The van der Waals surface area contributed by atoms with Crippen molar-refractivity contribution in [3.63, 3.8) is 0 Å². The van der Waals surface area contributed by atoms with Gasteiger partial charge in [0.25, 0.3) is 0 Å². The average molecular weight is 204 g/mol. The number of hydrogen-bond donors (Lipinski definition) is 0. The second-order valence-electron chi connectivity index (χ2n) is 2.88. The van der Waals surface area contributed by atoms with E-state index in [1.807, 2.05) is 33.3 Å². The number of rotatable bonds is 0. The molecule has 3 nitrogen and oxygen atoms in total. The van der Waals surface area contributed by atoms with Gasteiger partial charge < -0.3 is 9.80 Å². The zero-order chi connectivity index (χ0) is 8.39. The number of urea groups is 1. The highest BCUT2D eigenvalue weighted by Crippen LogP contribution is 2.19. The summed E-state index contributed by atoms with van der Waals surface area (Å²) < 4.78 is 0. The third-order valence-electron chi connectivity index (χ3n) is 2.05. The number of nitrogens with zero attached hydrogens (tertiary/aromatic N) is 2. The van der Waals surface area contributed by atoms with Gasteiger partial charge in [0.1, 0.15) is 0 Å². The van der Waals surface area contributed by atoms with Gasteiger partial charge in [-0.05, 0) is 0 Å². The molecule has 0 spiro atoms. The fourth-order valence-corrected chi connectivity index (χ4v) is 3.21. The fourth-order valence-electron chi connectivity index (χ4n) is 1.33. The molecule has 2 saturated heterocycles. The van der Waals surface area contributed by atoms with Crippen molar-refractivity contribution in [1.29, 1.82) is 0 Å². The molecule has 12 heavy (non-hydrogen) atoms. The molecule has 0 aromatic rings. The molecular weight excluding hydrogens is 192 g/mol. The van der Waals surface area contributed by atoms with Gasteiger partial charge in [-0.1, -0.05) is 0 Å². The molecule has 2 rings (SSSR count). The Labute approximate surface area is 80.8 Å². The topological polar surface area (TPSA) is 23.6 Å². The first-order chi connectivity index (χ1) is 5.88. The smallest absolute Gasteiger partial charge is 0.315 e. The standard InChI is InChI=1S/C7H12N2OS2/c10-7(8-1-3-11-5-8)9-2-4-12-6-9/h1-6H2. The Hall–Kier alpha value is -0.0300. The lowest BCUT2D eigenvalue weighted by atomic mass is 10.6. The van der Waals surface area contributed by atoms with Gasteiger partial charge in [-0.25, -0.2) is 4.79 Å². The van der Waals surface area contributed by atoms with E-state index in [2.05, 4.69) is 0 Å². The van der Waals surface area contributed by atoms with Crippen LogP contribution < -0.4 is 0 Å². The summed E-state index contributed by atoms with van der Waals surface area (Å²) in [5.41, 5.74) is 0. The van der Waals surface area contributed by atoms with E-state index >= 15 is 0 Å². The highest BCUT2D eigenvalue weighted by atomic mass is 32.2. The first-order valence-electron chi connectivity index (χ1n) is 4.07. The minimum atomic E-state index is 0.241. The summed E-state index contributed by atoms with van der Waals surface area (Å²) >= 11 is 3.68. The number of amides is 2. The van der Waals surface area contributed by atoms with Gasteiger partial charge >= 0.3 is 6.03 Å². The molecule has 0 aromatic heterocycles. The second-order valence-corrected chi connectivity index (χ2v) is 5.03. The van der Waals surface area contributed by atoms with Crippen LogP contribution in [0.15, 0.2) is 0 Å². The Kier molecular flexibility index (Phi) is 2.70. The van der Waals surface area contributed by atoms with Crippen LogP contribution in [0.25, 0.3) is 0 Å². The van der Waals surface area contributed by atoms with Gasteiger partial charge in [0.2, 0.25) is 0 Å². The van der Waals surface area contributed by atoms with Crippen molar-refractivity contribution >= 4 is 29.6 Å². The molecule has 0 aromatic carbocycles. The van der Waals surface area contributed by atoms with Gasteiger partial charge in [0.05, 0.1) is 11.8 Å². The summed E-state index contributed by atoms with van der Waals surface area (Å²) in [6.07, 6.45) is 0. The lowest BCUT2D eigenvalue weighted by Gasteiger charge is -2.22. The van der Waals surface area contributed by atoms with E-state index in [9.17, 15) is 4.79 Å². The van der Waals surface area contributed by atoms with Crippen molar-refractivity contribution in [2.24, 2.45) is 0 Å². The zero-order valence-corrected chi connectivity index (χ0v) is 8.49. The van der Waals surface area contributed by atoms with Crippen molar-refractivity contribution < 1.29 is 4.79 Å². The first kappa shape index (κ1) is 8.56. The number of carbonyl (C=O) groups is 1. The predicted octanol–water partition coefficient (Wildman–Crippen LogP) is 1.12. The molecule has 2 heterocycles. The Morgan fingerprint density at radius 3 is 1.83 bits per heavy atom. The van der Waals surface area contributed by atoms with Crippen LogP contribution in [-0.4, -0.2) is 52.2 Å². The van der Waals surface area contributed by atoms with Crippen molar-refractivity contribution in [2.45, 2.75) is 0 Å². The van der Waals surface area contributed by atoms with Gasteiger partial charge in [-0.15, -0.1) is 23.5 Å². The maximum Gasteiger partial charge on any atom is 0.321 e. The van der Waals surface area contributed by atoms with Crippen LogP contribution in [0, 0.1) is 0 Å². The zero-order valence-electron chi connectivity index (χ0n) is 6.86. The number of thioether (sulfide) groups is 2. The summed E-state index contributed by atoms with van der Waals surface area (Å²) in [5, 5.41) is 0. The minimum Gasteiger partial charge on any atom is -0.315 e. The van der Waals surface area contributed by atoms with Crippen LogP contribution in [0.5, 0.6) is 0 Å². The molecule has 5 heteroatoms. The van der Waals surface area contributed by atoms with E-state index in [-0.39, 0.29) is 6.03 Å². The van der Waals surface area contributed by atoms with Crippen molar-refractivity contribution in [1.82, 2.24) is 9.80 Å². The Morgan fingerprint density at radius 1 is 1.00 bits per heavy atom. The highest BCUT2D eigenvalue weighted by Gasteiger charge is 2.25. The van der Waals surface area contributed by atoms with Crippen molar-refractivity contribution in [3.8, 4) is 0 Å². The van der Waals surface area contributed by atoms with Crippen LogP contribution in [0.2, 0.25) is 0 Å². The molecule has 2 amide bonds. The van der Waals surface area contributed by atoms with E-state index in [1.165, 1.54) is 0 Å². The van der Waals surface area contributed by atoms with Crippen LogP contribution in [0.4, 0.5) is 4.79 Å². The molecule has 0 saturated carbocycles. The molecule has 68 valence electrons. The summed E-state index contributed by atoms with van der Waals surface area (Å²) in [6, 6.07) is 0.241. The van der Waals surface area contributed by atoms with Crippen LogP contribution >= 0.6 is 23.5 Å². The Balaban J connectivity index is 1.89. The lowest BCUT2D eigenvalue weighted by Crippen LogP contribution is -2.40. The molecule has 2 aliphatic heterocycles. The second kappa shape index (κ2) is 3.79. The monoisotopic (exact) mass is 204 g/mol. The third-order valence-corrected chi connectivity index (χ3v) is 3.98. The SMILES string of the molecule is O=C(N1CCSC1)N1CCSC1. The maximum atomic E-state index is 11.7. The van der Waals surface area contributed by atoms with Crippen molar-refractivity contribution in [2.75, 3.05) is 36.3 Å². The summed E-state index contributed by atoms with van der Waals surface area (Å²) in [6.45, 7) is 1.87. The normalized spacial score (nSPS) is 23.7. The number of hydrogen-bond acceptors (Lipinski definition) is 3. The minimum absolute atomic E-state index is 0.241. The summed E-state index contributed by atoms with van der Waals surface area (Å²) in [7, 11) is 0. The first-order valence-corrected chi connectivity index (χ1v) is 6.38. The molecule has 2 aliphatic rings. The van der Waals surface area contributed by atoms with Gasteiger partial charge in [0.15, 0.2) is 0 Å². The number of carbonyl (C=O) groups excluding carboxylic acids is 1. The summed E-state index contributed by atoms with van der Waals surface area (Å²) in [4.78, 5) is 15.6. The maximum absolute atomic E-state index is 11.7. The summed E-state index contributed by atoms with van der Waals surface area (Å²) in [5.74, 6) is 3.99. The van der Waals surface area contributed by atoms with Crippen LogP contribution in [0.1, 0.15) is 0 Å². The quantitative estimate of drug-likeness (QED) is 0.591. The van der Waals surface area contributed by atoms with Gasteiger partial charge in [-0.2, -0.15) is 0 Å². The van der Waals surface area contributed by atoms with E-state index in [1.54, 1.807) is 0 Å².